The van der Waals surface area contributed by atoms with Gasteiger partial charge in [-0.15, -0.1) is 0 Å². The second-order valence-corrected chi connectivity index (χ2v) is 6.57. The third-order valence-electron chi connectivity index (χ3n) is 4.16. The molecular weight excluding hydrogens is 442 g/mol. The van der Waals surface area contributed by atoms with E-state index in [-0.39, 0.29) is 47.6 Å². The molecule has 0 radical (unpaired) electrons. The molecule has 0 aliphatic heterocycles. The Morgan fingerprint density at radius 1 is 0.618 bits per heavy atom. The smallest absolute Gasteiger partial charge is 0.356 e. The van der Waals surface area contributed by atoms with Crippen molar-refractivity contribution < 1.29 is 28.7 Å². The minimum Gasteiger partial charge on any atom is -0.461 e. The van der Waals surface area contributed by atoms with E-state index in [1.165, 1.54) is 48.5 Å². The van der Waals surface area contributed by atoms with E-state index >= 15 is 0 Å². The van der Waals surface area contributed by atoms with Gasteiger partial charge in [-0.1, -0.05) is 18.2 Å². The monoisotopic (exact) mass is 463 g/mol. The average molecular weight is 463 g/mol. The summed E-state index contributed by atoms with van der Waals surface area (Å²) < 4.78 is 9.77. The number of rotatable bonds is 8. The number of hydrogen-bond donors (Lipinski definition) is 2. The van der Waals surface area contributed by atoms with Gasteiger partial charge in [0.1, 0.15) is 34.4 Å². The summed E-state index contributed by atoms with van der Waals surface area (Å²) in [6.07, 6.45) is 0. The highest BCUT2D eigenvalue weighted by Crippen LogP contribution is 2.12. The summed E-state index contributed by atoms with van der Waals surface area (Å²) in [6.45, 7) is 3.70. The molecule has 0 spiro atoms. The van der Waals surface area contributed by atoms with Crippen LogP contribution in [0.15, 0.2) is 54.6 Å². The summed E-state index contributed by atoms with van der Waals surface area (Å²) in [4.78, 5) is 60.9. The van der Waals surface area contributed by atoms with Crippen LogP contribution in [0, 0.1) is 0 Å². The second kappa shape index (κ2) is 11.3. The number of esters is 2. The van der Waals surface area contributed by atoms with Crippen molar-refractivity contribution in [3.05, 3.63) is 77.4 Å². The van der Waals surface area contributed by atoms with E-state index in [1.54, 1.807) is 19.9 Å². The molecule has 3 aromatic rings. The molecule has 174 valence electrons. The fourth-order valence-corrected chi connectivity index (χ4v) is 2.69. The van der Waals surface area contributed by atoms with Gasteiger partial charge in [-0.2, -0.15) is 0 Å². The van der Waals surface area contributed by atoms with Crippen molar-refractivity contribution in [3.63, 3.8) is 0 Å². The van der Waals surface area contributed by atoms with Crippen LogP contribution in [-0.4, -0.2) is 51.9 Å². The Kier molecular flexibility index (Phi) is 7.95. The van der Waals surface area contributed by atoms with E-state index in [9.17, 15) is 19.2 Å². The first-order valence-electron chi connectivity index (χ1n) is 10.3. The van der Waals surface area contributed by atoms with Crippen molar-refractivity contribution in [3.8, 4) is 0 Å². The van der Waals surface area contributed by atoms with Crippen LogP contribution in [0.1, 0.15) is 55.8 Å². The summed E-state index contributed by atoms with van der Waals surface area (Å²) in [7, 11) is 0. The number of nitrogens with one attached hydrogen (secondary N) is 2. The zero-order chi connectivity index (χ0) is 24.5. The normalized spacial score (nSPS) is 10.2. The maximum Gasteiger partial charge on any atom is 0.356 e. The quantitative estimate of drug-likeness (QED) is 0.481. The number of hydrogen-bond acceptors (Lipinski definition) is 9. The lowest BCUT2D eigenvalue weighted by Crippen LogP contribution is -2.19. The molecule has 11 nitrogen and oxygen atoms in total. The van der Waals surface area contributed by atoms with Gasteiger partial charge in [0.05, 0.1) is 13.2 Å². The molecular formula is C23H21N5O6. The molecule has 0 bridgehead atoms. The molecule has 0 aromatic carbocycles. The second-order valence-electron chi connectivity index (χ2n) is 6.57. The highest BCUT2D eigenvalue weighted by atomic mass is 16.5. The van der Waals surface area contributed by atoms with Crippen molar-refractivity contribution in [2.45, 2.75) is 13.8 Å². The lowest BCUT2D eigenvalue weighted by molar-refractivity contribution is 0.0509. The van der Waals surface area contributed by atoms with Crippen LogP contribution in [0.3, 0.4) is 0 Å². The van der Waals surface area contributed by atoms with E-state index in [0.29, 0.717) is 0 Å². The predicted molar refractivity (Wildman–Crippen MR) is 121 cm³/mol. The van der Waals surface area contributed by atoms with Gasteiger partial charge >= 0.3 is 11.9 Å². The van der Waals surface area contributed by atoms with Crippen LogP contribution in [0.2, 0.25) is 0 Å². The van der Waals surface area contributed by atoms with Gasteiger partial charge in [-0.3, -0.25) is 9.59 Å². The minimum absolute atomic E-state index is 0.000946. The Hall–Kier alpha value is -4.67. The summed E-state index contributed by atoms with van der Waals surface area (Å²) >= 11 is 0. The van der Waals surface area contributed by atoms with Gasteiger partial charge in [0.15, 0.2) is 0 Å². The third-order valence-corrected chi connectivity index (χ3v) is 4.16. The van der Waals surface area contributed by atoms with Crippen molar-refractivity contribution in [2.75, 3.05) is 23.8 Å². The lowest BCUT2D eigenvalue weighted by atomic mass is 10.3. The zero-order valence-corrected chi connectivity index (χ0v) is 18.4. The van der Waals surface area contributed by atoms with Gasteiger partial charge in [0.2, 0.25) is 0 Å². The number of amides is 2. The number of pyridine rings is 3. The first-order chi connectivity index (χ1) is 16.4. The number of nitrogens with zero attached hydrogens (tertiary/aromatic N) is 3. The number of carbonyl (C=O) groups excluding carboxylic acids is 4. The fraction of sp³-hybridized carbons (Fsp3) is 0.174. The van der Waals surface area contributed by atoms with Gasteiger partial charge in [-0.25, -0.2) is 24.5 Å². The summed E-state index contributed by atoms with van der Waals surface area (Å²) in [5, 5.41) is 5.11. The molecule has 0 aliphatic rings. The Morgan fingerprint density at radius 2 is 1.00 bits per heavy atom. The van der Waals surface area contributed by atoms with Crippen LogP contribution < -0.4 is 10.6 Å². The number of carbonyl (C=O) groups is 4. The molecule has 3 heterocycles. The van der Waals surface area contributed by atoms with Crippen LogP contribution in [0.4, 0.5) is 11.6 Å². The third kappa shape index (κ3) is 6.19. The first kappa shape index (κ1) is 24.0. The van der Waals surface area contributed by atoms with E-state index in [2.05, 4.69) is 25.6 Å². The van der Waals surface area contributed by atoms with E-state index in [4.69, 9.17) is 9.47 Å². The maximum atomic E-state index is 12.5. The maximum absolute atomic E-state index is 12.5. The Balaban J connectivity index is 1.70. The zero-order valence-electron chi connectivity index (χ0n) is 18.4. The van der Waals surface area contributed by atoms with Crippen LogP contribution >= 0.6 is 0 Å². The predicted octanol–water partition coefficient (Wildman–Crippen LogP) is 2.73. The SMILES string of the molecule is CCOC(=O)c1cccc(C(=O)Nc2cccc(NC(=O)c3cccc(C(=O)OCC)n3)n2)n1. The van der Waals surface area contributed by atoms with Crippen molar-refractivity contribution in [1.29, 1.82) is 0 Å². The van der Waals surface area contributed by atoms with Crippen LogP contribution in [0.5, 0.6) is 0 Å². The van der Waals surface area contributed by atoms with Crippen molar-refractivity contribution >= 4 is 35.4 Å². The van der Waals surface area contributed by atoms with E-state index in [0.717, 1.165) is 0 Å². The molecule has 2 N–H and O–H groups in total. The summed E-state index contributed by atoms with van der Waals surface area (Å²) in [5.41, 5.74) is -0.0226. The lowest BCUT2D eigenvalue weighted by Gasteiger charge is -2.09. The van der Waals surface area contributed by atoms with Gasteiger partial charge in [0, 0.05) is 0 Å². The molecule has 3 aromatic heterocycles. The molecule has 11 heteroatoms. The minimum atomic E-state index is -0.638. The molecule has 2 amide bonds. The highest BCUT2D eigenvalue weighted by molar-refractivity contribution is 6.04. The Bertz CT molecular complexity index is 1140. The number of ether oxygens (including phenoxy) is 2. The molecule has 0 saturated carbocycles. The molecule has 0 unspecified atom stereocenters. The fourth-order valence-electron chi connectivity index (χ4n) is 2.69. The number of anilines is 2. The number of aromatic nitrogens is 3. The highest BCUT2D eigenvalue weighted by Gasteiger charge is 2.16. The molecule has 0 fully saturated rings. The Labute approximate surface area is 194 Å². The van der Waals surface area contributed by atoms with Crippen molar-refractivity contribution in [1.82, 2.24) is 15.0 Å². The van der Waals surface area contributed by atoms with Crippen LogP contribution in [0.25, 0.3) is 0 Å². The van der Waals surface area contributed by atoms with Gasteiger partial charge in [0.25, 0.3) is 11.8 Å². The van der Waals surface area contributed by atoms with E-state index in [1.807, 2.05) is 0 Å². The topological polar surface area (TPSA) is 149 Å². The molecule has 0 aliphatic carbocycles. The standard InChI is InChI=1S/C23H21N5O6/c1-3-33-22(31)16-10-5-8-14(24-16)20(29)27-18-12-7-13-19(26-18)28-21(30)15-9-6-11-17(25-15)23(32)34-4-2/h5-13H,3-4H2,1-2H3,(H2,26,27,28,29,30). The Morgan fingerprint density at radius 3 is 1.41 bits per heavy atom. The molecule has 3 rings (SSSR count). The first-order valence-corrected chi connectivity index (χ1v) is 10.3. The average Bonchev–Trinajstić information content (AvgIpc) is 2.84. The van der Waals surface area contributed by atoms with Crippen LogP contribution in [-0.2, 0) is 9.47 Å². The summed E-state index contributed by atoms with van der Waals surface area (Å²) in [6, 6.07) is 13.4. The largest absolute Gasteiger partial charge is 0.461 e. The molecule has 34 heavy (non-hydrogen) atoms. The molecule has 0 saturated heterocycles. The summed E-state index contributed by atoms with van der Waals surface area (Å²) in [5.74, 6) is -2.21. The van der Waals surface area contributed by atoms with Gasteiger partial charge in [-0.05, 0) is 50.2 Å². The van der Waals surface area contributed by atoms with Gasteiger partial charge < -0.3 is 20.1 Å². The molecule has 0 atom stereocenters. The van der Waals surface area contributed by atoms with E-state index < -0.39 is 23.8 Å². The van der Waals surface area contributed by atoms with Crippen molar-refractivity contribution in [2.24, 2.45) is 0 Å².